The fourth-order valence-electron chi connectivity index (χ4n) is 4.28. The van der Waals surface area contributed by atoms with Crippen LogP contribution in [0.5, 0.6) is 0 Å². The molecule has 2 amide bonds. The Hall–Kier alpha value is -2.68. The highest BCUT2D eigenvalue weighted by molar-refractivity contribution is 5.94. The van der Waals surface area contributed by atoms with Crippen LogP contribution in [-0.4, -0.2) is 55.3 Å². The van der Waals surface area contributed by atoms with E-state index < -0.39 is 30.0 Å². The Morgan fingerprint density at radius 1 is 1.26 bits per heavy atom. The van der Waals surface area contributed by atoms with Crippen LogP contribution in [0.4, 0.5) is 4.79 Å². The van der Waals surface area contributed by atoms with E-state index in [1.54, 1.807) is 24.7 Å². The topological polar surface area (TPSA) is 122 Å². The minimum Gasteiger partial charge on any atom is -0.481 e. The summed E-state index contributed by atoms with van der Waals surface area (Å²) in [6.07, 6.45) is 10.0. The molecule has 0 aliphatic carbocycles. The summed E-state index contributed by atoms with van der Waals surface area (Å²) < 4.78 is 7.03. The largest absolute Gasteiger partial charge is 0.481 e. The number of allylic oxidation sites excluding steroid dienone is 2. The molecule has 2 heterocycles. The minimum atomic E-state index is -1.17. The van der Waals surface area contributed by atoms with E-state index >= 15 is 0 Å². The van der Waals surface area contributed by atoms with Crippen molar-refractivity contribution in [3.05, 3.63) is 30.4 Å². The summed E-state index contributed by atoms with van der Waals surface area (Å²) in [4.78, 5) is 42.4. The molecular formula is C25H39N3O6. The van der Waals surface area contributed by atoms with Crippen LogP contribution in [0.3, 0.4) is 0 Å². The Labute approximate surface area is 201 Å². The average molecular weight is 478 g/mol. The number of carboxylic acids is 1. The molecule has 0 radical (unpaired) electrons. The van der Waals surface area contributed by atoms with E-state index in [2.05, 4.69) is 11.9 Å². The zero-order valence-electron chi connectivity index (χ0n) is 20.6. The van der Waals surface area contributed by atoms with Crippen molar-refractivity contribution in [1.82, 2.24) is 14.5 Å². The molecule has 1 saturated heterocycles. The van der Waals surface area contributed by atoms with Gasteiger partial charge in [-0.3, -0.25) is 9.59 Å². The number of aliphatic carboxylic acids is 1. The van der Waals surface area contributed by atoms with Gasteiger partial charge in [0.05, 0.1) is 30.7 Å². The number of aliphatic hydroxyl groups excluding tert-OH is 1. The first-order valence-corrected chi connectivity index (χ1v) is 12.3. The quantitative estimate of drug-likeness (QED) is 0.302. The average Bonchev–Trinajstić information content (AvgIpc) is 3.26. The molecule has 9 heteroatoms. The maximum Gasteiger partial charge on any atom is 0.416 e. The lowest BCUT2D eigenvalue weighted by molar-refractivity contribution is -0.143. The number of carboxylic acid groups (broad SMARTS) is 1. The Balaban J connectivity index is 2.26. The molecule has 1 aliphatic rings. The number of hydrogen-bond acceptors (Lipinski definition) is 6. The van der Waals surface area contributed by atoms with Crippen molar-refractivity contribution in [2.45, 2.75) is 90.8 Å². The first-order chi connectivity index (χ1) is 16.3. The van der Waals surface area contributed by atoms with Crippen LogP contribution in [0.25, 0.3) is 0 Å². The molecule has 1 aromatic heterocycles. The van der Waals surface area contributed by atoms with E-state index in [0.717, 1.165) is 30.6 Å². The number of rotatable bonds is 14. The number of cyclic esters (lactones) is 1. The van der Waals surface area contributed by atoms with Crippen molar-refractivity contribution in [2.24, 2.45) is 11.8 Å². The van der Waals surface area contributed by atoms with Gasteiger partial charge in [-0.2, -0.15) is 0 Å². The van der Waals surface area contributed by atoms with Crippen LogP contribution in [-0.2, 0) is 20.9 Å². The number of ether oxygens (including phenoxy) is 1. The standard InChI is InChI=1S/C25H39N3O6/c1-4-5-6-10-14-27-17-26-16-21(27)23(31)19(11-8-7-9-12-22(29)30)24(32)28-20(18(2)3)13-15-34-25(28)33/h7-8,16-20,23,31H,4-6,9-15H2,1-3H3,(H,29,30)/t19-,20?,23-/m0/s1. The van der Waals surface area contributed by atoms with Crippen LogP contribution < -0.4 is 0 Å². The summed E-state index contributed by atoms with van der Waals surface area (Å²) >= 11 is 0. The van der Waals surface area contributed by atoms with Crippen molar-refractivity contribution in [1.29, 1.82) is 0 Å². The molecule has 1 aromatic rings. The van der Waals surface area contributed by atoms with E-state index in [4.69, 9.17) is 9.84 Å². The first-order valence-electron chi connectivity index (χ1n) is 12.3. The lowest BCUT2D eigenvalue weighted by atomic mass is 9.91. The Bertz CT molecular complexity index is 834. The van der Waals surface area contributed by atoms with Crippen molar-refractivity contribution in [3.63, 3.8) is 0 Å². The number of amides is 2. The molecule has 0 aromatic carbocycles. The summed E-state index contributed by atoms with van der Waals surface area (Å²) in [5, 5.41) is 20.2. The van der Waals surface area contributed by atoms with Gasteiger partial charge in [-0.25, -0.2) is 14.7 Å². The highest BCUT2D eigenvalue weighted by atomic mass is 16.6. The maximum atomic E-state index is 13.7. The maximum absolute atomic E-state index is 13.7. The molecule has 0 bridgehead atoms. The van der Waals surface area contributed by atoms with Crippen LogP contribution >= 0.6 is 0 Å². The van der Waals surface area contributed by atoms with Gasteiger partial charge < -0.3 is 19.5 Å². The normalized spacial score (nSPS) is 18.3. The summed E-state index contributed by atoms with van der Waals surface area (Å²) in [5.41, 5.74) is 0.528. The smallest absolute Gasteiger partial charge is 0.416 e. The van der Waals surface area contributed by atoms with Crippen molar-refractivity contribution in [3.8, 4) is 0 Å². The van der Waals surface area contributed by atoms with Crippen molar-refractivity contribution in [2.75, 3.05) is 6.61 Å². The molecular weight excluding hydrogens is 438 g/mol. The third kappa shape index (κ3) is 7.68. The van der Waals surface area contributed by atoms with Gasteiger partial charge in [0, 0.05) is 25.4 Å². The Morgan fingerprint density at radius 3 is 2.71 bits per heavy atom. The number of hydrogen-bond donors (Lipinski definition) is 2. The molecule has 190 valence electrons. The van der Waals surface area contributed by atoms with Gasteiger partial charge >= 0.3 is 12.1 Å². The molecule has 1 unspecified atom stereocenters. The molecule has 2 rings (SSSR count). The van der Waals surface area contributed by atoms with E-state index in [-0.39, 0.29) is 31.4 Å². The number of imidazole rings is 1. The monoisotopic (exact) mass is 477 g/mol. The van der Waals surface area contributed by atoms with Crippen molar-refractivity contribution < 1.29 is 29.3 Å². The summed E-state index contributed by atoms with van der Waals surface area (Å²) in [6.45, 7) is 6.99. The summed E-state index contributed by atoms with van der Waals surface area (Å²) in [6, 6.07) is -0.307. The lowest BCUT2D eigenvalue weighted by Crippen LogP contribution is -2.54. The lowest BCUT2D eigenvalue weighted by Gasteiger charge is -2.38. The Kier molecular flexibility index (Phi) is 11.3. The van der Waals surface area contributed by atoms with Gasteiger partial charge in [0.2, 0.25) is 5.91 Å². The second-order valence-corrected chi connectivity index (χ2v) is 9.19. The predicted octanol–water partition coefficient (Wildman–Crippen LogP) is 4.32. The highest BCUT2D eigenvalue weighted by Gasteiger charge is 2.42. The Morgan fingerprint density at radius 2 is 2.03 bits per heavy atom. The summed E-state index contributed by atoms with van der Waals surface area (Å²) in [5.74, 6) is -2.28. The molecule has 34 heavy (non-hydrogen) atoms. The van der Waals surface area contributed by atoms with Crippen LogP contribution in [0, 0.1) is 11.8 Å². The predicted molar refractivity (Wildman–Crippen MR) is 127 cm³/mol. The zero-order valence-corrected chi connectivity index (χ0v) is 20.6. The number of unbranched alkanes of at least 4 members (excludes halogenated alkanes) is 3. The number of nitrogens with zero attached hydrogens (tertiary/aromatic N) is 3. The number of imide groups is 1. The van der Waals surface area contributed by atoms with Gasteiger partial charge in [-0.05, 0) is 25.2 Å². The SMILES string of the molecule is CCCCCCn1cncc1[C@@H](O)[C@H](CC=CCCC(=O)O)C(=O)N1C(=O)OCCC1C(C)C. The van der Waals surface area contributed by atoms with E-state index in [0.29, 0.717) is 25.1 Å². The molecule has 3 atom stereocenters. The summed E-state index contributed by atoms with van der Waals surface area (Å²) in [7, 11) is 0. The fourth-order valence-corrected chi connectivity index (χ4v) is 4.28. The van der Waals surface area contributed by atoms with E-state index in [1.165, 1.54) is 0 Å². The number of aliphatic hydroxyl groups is 1. The highest BCUT2D eigenvalue weighted by Crippen LogP contribution is 2.31. The molecule has 9 nitrogen and oxygen atoms in total. The molecule has 2 N–H and O–H groups in total. The number of carbonyl (C=O) groups excluding carboxylic acids is 2. The first kappa shape index (κ1) is 27.6. The minimum absolute atomic E-state index is 0.0178. The van der Waals surface area contributed by atoms with Crippen LogP contribution in [0.1, 0.15) is 83.9 Å². The molecule has 0 saturated carbocycles. The van der Waals surface area contributed by atoms with E-state index in [1.807, 2.05) is 18.4 Å². The van der Waals surface area contributed by atoms with Gasteiger partial charge in [0.25, 0.3) is 0 Å². The third-order valence-electron chi connectivity index (χ3n) is 6.25. The van der Waals surface area contributed by atoms with E-state index in [9.17, 15) is 19.5 Å². The van der Waals surface area contributed by atoms with Gasteiger partial charge in [-0.15, -0.1) is 0 Å². The van der Waals surface area contributed by atoms with Gasteiger partial charge in [0.15, 0.2) is 0 Å². The third-order valence-corrected chi connectivity index (χ3v) is 6.25. The number of carbonyl (C=O) groups is 3. The van der Waals surface area contributed by atoms with Crippen LogP contribution in [0.2, 0.25) is 0 Å². The fraction of sp³-hybridized carbons (Fsp3) is 0.680. The number of aryl methyl sites for hydroxylation is 1. The second kappa shape index (κ2) is 13.9. The molecule has 1 aliphatic heterocycles. The molecule has 1 fully saturated rings. The van der Waals surface area contributed by atoms with Gasteiger partial charge in [-0.1, -0.05) is 52.2 Å². The number of aromatic nitrogens is 2. The molecule has 0 spiro atoms. The second-order valence-electron chi connectivity index (χ2n) is 9.19. The van der Waals surface area contributed by atoms with Crippen LogP contribution in [0.15, 0.2) is 24.7 Å². The van der Waals surface area contributed by atoms with Crippen molar-refractivity contribution >= 4 is 18.0 Å². The van der Waals surface area contributed by atoms with Gasteiger partial charge in [0.1, 0.15) is 6.10 Å². The zero-order chi connectivity index (χ0) is 25.1.